The van der Waals surface area contributed by atoms with E-state index >= 15 is 0 Å². The average molecular weight is 322 g/mol. The number of benzene rings is 1. The van der Waals surface area contributed by atoms with Crippen molar-refractivity contribution in [2.24, 2.45) is 5.92 Å². The van der Waals surface area contributed by atoms with Gasteiger partial charge >= 0.3 is 0 Å². The molecular weight excluding hydrogens is 301 g/mol. The van der Waals surface area contributed by atoms with Crippen LogP contribution >= 0.6 is 23.2 Å². The molecule has 0 heterocycles. The quantitative estimate of drug-likeness (QED) is 0.687. The van der Waals surface area contributed by atoms with Crippen LogP contribution in [-0.2, 0) is 11.3 Å². The Labute approximate surface area is 130 Å². The summed E-state index contributed by atoms with van der Waals surface area (Å²) in [5.41, 5.74) is 0.892. The number of hydrogen-bond acceptors (Lipinski definition) is 4. The van der Waals surface area contributed by atoms with Crippen LogP contribution in [0.4, 0.5) is 0 Å². The second kappa shape index (κ2) is 9.42. The summed E-state index contributed by atoms with van der Waals surface area (Å²) >= 11 is 12.2. The molecule has 1 rings (SSSR count). The van der Waals surface area contributed by atoms with Crippen LogP contribution in [0.15, 0.2) is 12.1 Å². The van der Waals surface area contributed by atoms with Gasteiger partial charge in [-0.2, -0.15) is 0 Å². The molecule has 4 nitrogen and oxygen atoms in total. The first-order chi connectivity index (χ1) is 9.58. The van der Waals surface area contributed by atoms with E-state index in [4.69, 9.17) is 37.8 Å². The maximum Gasteiger partial charge on any atom is 0.142 e. The third-order valence-electron chi connectivity index (χ3n) is 2.71. The molecule has 0 bridgehead atoms. The van der Waals surface area contributed by atoms with E-state index in [9.17, 15) is 0 Å². The molecule has 1 aromatic carbocycles. The molecule has 0 spiro atoms. The maximum absolute atomic E-state index is 9.04. The summed E-state index contributed by atoms with van der Waals surface area (Å²) in [6.45, 7) is 4.33. The molecule has 1 unspecified atom stereocenters. The van der Waals surface area contributed by atoms with Gasteiger partial charge < -0.3 is 19.9 Å². The van der Waals surface area contributed by atoms with Crippen molar-refractivity contribution in [1.82, 2.24) is 5.32 Å². The third kappa shape index (κ3) is 5.85. The maximum atomic E-state index is 9.04. The summed E-state index contributed by atoms with van der Waals surface area (Å²) in [5.74, 6) is 0.664. The van der Waals surface area contributed by atoms with Crippen LogP contribution in [-0.4, -0.2) is 38.6 Å². The van der Waals surface area contributed by atoms with Crippen LogP contribution in [0.5, 0.6) is 5.75 Å². The molecular formula is C14H21Cl2NO3. The van der Waals surface area contributed by atoms with E-state index in [1.807, 2.05) is 13.0 Å². The van der Waals surface area contributed by atoms with E-state index in [1.165, 1.54) is 0 Å². The number of rotatable bonds is 9. The largest absolute Gasteiger partial charge is 0.491 e. The normalized spacial score (nSPS) is 12.4. The third-order valence-corrected chi connectivity index (χ3v) is 3.21. The van der Waals surface area contributed by atoms with Gasteiger partial charge in [-0.1, -0.05) is 30.1 Å². The predicted molar refractivity (Wildman–Crippen MR) is 81.8 cm³/mol. The fourth-order valence-electron chi connectivity index (χ4n) is 1.58. The lowest BCUT2D eigenvalue weighted by Gasteiger charge is -2.16. The van der Waals surface area contributed by atoms with Crippen molar-refractivity contribution in [3.8, 4) is 5.75 Å². The van der Waals surface area contributed by atoms with Gasteiger partial charge in [0.25, 0.3) is 0 Å². The van der Waals surface area contributed by atoms with Crippen molar-refractivity contribution >= 4 is 23.2 Å². The molecule has 0 radical (unpaired) electrons. The van der Waals surface area contributed by atoms with Crippen LogP contribution in [0, 0.1) is 5.92 Å². The van der Waals surface area contributed by atoms with Crippen LogP contribution in [0.3, 0.4) is 0 Å². The minimum atomic E-state index is 0.0519. The Morgan fingerprint density at radius 3 is 2.75 bits per heavy atom. The van der Waals surface area contributed by atoms with E-state index in [0.717, 1.165) is 12.1 Å². The Hall–Kier alpha value is -0.520. The van der Waals surface area contributed by atoms with E-state index in [1.54, 1.807) is 13.2 Å². The Balaban J connectivity index is 2.73. The van der Waals surface area contributed by atoms with Gasteiger partial charge in [0.1, 0.15) is 5.75 Å². The highest BCUT2D eigenvalue weighted by molar-refractivity contribution is 6.35. The molecule has 114 valence electrons. The lowest BCUT2D eigenvalue weighted by Crippen LogP contribution is -2.20. The molecule has 1 atom stereocenters. The molecule has 20 heavy (non-hydrogen) atoms. The number of ether oxygens (including phenoxy) is 2. The van der Waals surface area contributed by atoms with Crippen molar-refractivity contribution in [2.75, 3.05) is 33.5 Å². The lowest BCUT2D eigenvalue weighted by atomic mass is 10.2. The summed E-state index contributed by atoms with van der Waals surface area (Å²) in [4.78, 5) is 0. The van der Waals surface area contributed by atoms with Gasteiger partial charge in [-0.25, -0.2) is 0 Å². The fraction of sp³-hybridized carbons (Fsp3) is 0.571. The molecule has 0 aromatic heterocycles. The van der Waals surface area contributed by atoms with E-state index in [2.05, 4.69) is 5.32 Å². The SMILES string of the molecule is COCCNCc1cc(Cl)cc(Cl)c1OCC(C)CO. The van der Waals surface area contributed by atoms with Crippen LogP contribution in [0.25, 0.3) is 0 Å². The molecule has 0 saturated heterocycles. The van der Waals surface area contributed by atoms with Gasteiger partial charge in [0.05, 0.1) is 18.2 Å². The highest BCUT2D eigenvalue weighted by Crippen LogP contribution is 2.32. The van der Waals surface area contributed by atoms with Crippen LogP contribution < -0.4 is 10.1 Å². The number of methoxy groups -OCH3 is 1. The molecule has 6 heteroatoms. The second-order valence-electron chi connectivity index (χ2n) is 4.64. The van der Waals surface area contributed by atoms with E-state index in [0.29, 0.717) is 35.6 Å². The first-order valence-corrected chi connectivity index (χ1v) is 7.25. The molecule has 1 aromatic rings. The van der Waals surface area contributed by atoms with Crippen molar-refractivity contribution < 1.29 is 14.6 Å². The summed E-state index contributed by atoms with van der Waals surface area (Å²) in [6.07, 6.45) is 0. The number of nitrogens with one attached hydrogen (secondary N) is 1. The zero-order valence-corrected chi connectivity index (χ0v) is 13.3. The summed E-state index contributed by atoms with van der Waals surface area (Å²) in [6, 6.07) is 3.48. The van der Waals surface area contributed by atoms with Gasteiger partial charge in [-0.05, 0) is 12.1 Å². The topological polar surface area (TPSA) is 50.7 Å². The van der Waals surface area contributed by atoms with Crippen molar-refractivity contribution in [3.05, 3.63) is 27.7 Å². The summed E-state index contributed by atoms with van der Waals surface area (Å²) in [7, 11) is 1.66. The molecule has 2 N–H and O–H groups in total. The monoisotopic (exact) mass is 321 g/mol. The highest BCUT2D eigenvalue weighted by Gasteiger charge is 2.12. The smallest absolute Gasteiger partial charge is 0.142 e. The van der Waals surface area contributed by atoms with E-state index < -0.39 is 0 Å². The second-order valence-corrected chi connectivity index (χ2v) is 5.49. The van der Waals surface area contributed by atoms with Crippen molar-refractivity contribution in [2.45, 2.75) is 13.5 Å². The average Bonchev–Trinajstić information content (AvgIpc) is 2.42. The van der Waals surface area contributed by atoms with E-state index in [-0.39, 0.29) is 12.5 Å². The minimum absolute atomic E-state index is 0.0519. The summed E-state index contributed by atoms with van der Waals surface area (Å²) in [5, 5.41) is 13.3. The standard InChI is InChI=1S/C14H21Cl2NO3/c1-10(8-18)9-20-14-11(7-17-3-4-19-2)5-12(15)6-13(14)16/h5-6,10,17-18H,3-4,7-9H2,1-2H3. The zero-order valence-electron chi connectivity index (χ0n) is 11.8. The van der Waals surface area contributed by atoms with Gasteiger partial charge in [0, 0.05) is 43.3 Å². The highest BCUT2D eigenvalue weighted by atomic mass is 35.5. The van der Waals surface area contributed by atoms with Crippen molar-refractivity contribution in [3.63, 3.8) is 0 Å². The fourth-order valence-corrected chi connectivity index (χ4v) is 2.17. The minimum Gasteiger partial charge on any atom is -0.491 e. The molecule has 0 aliphatic rings. The zero-order chi connectivity index (χ0) is 15.0. The molecule has 0 saturated carbocycles. The molecule has 0 fully saturated rings. The number of aliphatic hydroxyl groups excluding tert-OH is 1. The molecule has 0 amide bonds. The Morgan fingerprint density at radius 2 is 2.10 bits per heavy atom. The van der Waals surface area contributed by atoms with Gasteiger partial charge in [0.2, 0.25) is 0 Å². The van der Waals surface area contributed by atoms with Crippen LogP contribution in [0.1, 0.15) is 12.5 Å². The van der Waals surface area contributed by atoms with Crippen LogP contribution in [0.2, 0.25) is 10.0 Å². The summed E-state index contributed by atoms with van der Waals surface area (Å²) < 4.78 is 10.7. The molecule has 0 aliphatic carbocycles. The Kier molecular flexibility index (Phi) is 8.26. The Morgan fingerprint density at radius 1 is 1.35 bits per heavy atom. The first-order valence-electron chi connectivity index (χ1n) is 6.49. The van der Waals surface area contributed by atoms with Gasteiger partial charge in [-0.3, -0.25) is 0 Å². The van der Waals surface area contributed by atoms with Gasteiger partial charge in [-0.15, -0.1) is 0 Å². The molecule has 0 aliphatic heterocycles. The number of halogens is 2. The van der Waals surface area contributed by atoms with Crippen molar-refractivity contribution in [1.29, 1.82) is 0 Å². The number of hydrogen-bond donors (Lipinski definition) is 2. The van der Waals surface area contributed by atoms with Gasteiger partial charge in [0.15, 0.2) is 0 Å². The Bertz CT molecular complexity index is 416. The first kappa shape index (κ1) is 17.5. The number of aliphatic hydroxyl groups is 1. The lowest BCUT2D eigenvalue weighted by molar-refractivity contribution is 0.173. The predicted octanol–water partition coefficient (Wildman–Crippen LogP) is 2.74.